The van der Waals surface area contributed by atoms with Crippen molar-refractivity contribution in [3.05, 3.63) is 112 Å². The van der Waals surface area contributed by atoms with E-state index in [4.69, 9.17) is 21.7 Å². The van der Waals surface area contributed by atoms with E-state index in [9.17, 15) is 5.26 Å². The van der Waals surface area contributed by atoms with Gasteiger partial charge in [0.15, 0.2) is 0 Å². The maximum atomic E-state index is 10.1. The van der Waals surface area contributed by atoms with Gasteiger partial charge >= 0.3 is 0 Å². The molecule has 2 N–H and O–H groups in total. The van der Waals surface area contributed by atoms with Crippen LogP contribution >= 0.6 is 11.6 Å². The third-order valence-electron chi connectivity index (χ3n) is 9.79. The van der Waals surface area contributed by atoms with Crippen LogP contribution in [0.3, 0.4) is 0 Å². The molecule has 1 saturated heterocycles. The fraction of sp³-hybridized carbons (Fsp3) is 0.368. The van der Waals surface area contributed by atoms with Crippen molar-refractivity contribution in [2.24, 2.45) is 0 Å². The Kier molecular flexibility index (Phi) is 8.61. The van der Waals surface area contributed by atoms with Gasteiger partial charge in [0, 0.05) is 35.2 Å². The van der Waals surface area contributed by atoms with Crippen molar-refractivity contribution in [1.82, 2.24) is 24.9 Å². The number of fused-ring (bicyclic) bond motifs is 2. The lowest BCUT2D eigenvalue weighted by Crippen LogP contribution is -2.46. The second-order valence-corrected chi connectivity index (χ2v) is 14.2. The molecule has 0 unspecified atom stereocenters. The highest BCUT2D eigenvalue weighted by atomic mass is 35.5. The van der Waals surface area contributed by atoms with Gasteiger partial charge in [-0.05, 0) is 81.7 Å². The topological polar surface area (TPSA) is 94.7 Å². The van der Waals surface area contributed by atoms with Gasteiger partial charge in [-0.3, -0.25) is 9.88 Å². The third-order valence-corrected chi connectivity index (χ3v) is 10.0. The highest BCUT2D eigenvalue weighted by Gasteiger charge is 2.29. The van der Waals surface area contributed by atoms with E-state index in [0.717, 1.165) is 78.7 Å². The van der Waals surface area contributed by atoms with Gasteiger partial charge < -0.3 is 10.6 Å². The van der Waals surface area contributed by atoms with E-state index in [1.54, 1.807) is 6.20 Å². The lowest BCUT2D eigenvalue weighted by Gasteiger charge is -2.40. The first-order chi connectivity index (χ1) is 22.8. The van der Waals surface area contributed by atoms with Crippen molar-refractivity contribution >= 4 is 33.9 Å². The number of nitrogens with zero attached hydrogens (tertiary/aromatic N) is 6. The zero-order valence-electron chi connectivity index (χ0n) is 27.2. The lowest BCUT2D eigenvalue weighted by atomic mass is 9.87. The van der Waals surface area contributed by atoms with Crippen LogP contribution in [-0.4, -0.2) is 43.5 Å². The Bertz CT molecular complexity index is 1910. The second kappa shape index (κ2) is 13.0. The monoisotopic (exact) mass is 644 g/mol. The molecule has 2 aliphatic rings. The summed E-state index contributed by atoms with van der Waals surface area (Å²) in [4.78, 5) is 7.35. The molecule has 7 rings (SSSR count). The number of hydrogen-bond acceptors (Lipinski definition) is 7. The molecule has 47 heavy (non-hydrogen) atoms. The molecule has 3 heterocycles. The summed E-state index contributed by atoms with van der Waals surface area (Å²) in [5, 5.41) is 28.3. The molecule has 8 nitrogen and oxygen atoms in total. The molecule has 2 aromatic heterocycles. The van der Waals surface area contributed by atoms with E-state index >= 15 is 0 Å². The Morgan fingerprint density at radius 3 is 2.53 bits per heavy atom. The van der Waals surface area contributed by atoms with Gasteiger partial charge in [0.2, 0.25) is 0 Å². The predicted molar refractivity (Wildman–Crippen MR) is 189 cm³/mol. The number of anilines is 2. The normalized spacial score (nSPS) is 18.0. The van der Waals surface area contributed by atoms with Gasteiger partial charge in [-0.1, -0.05) is 71.4 Å². The number of likely N-dealkylation sites (tertiary alicyclic amines) is 1. The van der Waals surface area contributed by atoms with Gasteiger partial charge in [0.05, 0.1) is 46.8 Å². The molecule has 3 aromatic carbocycles. The summed E-state index contributed by atoms with van der Waals surface area (Å²) in [6.07, 6.45) is 8.96. The van der Waals surface area contributed by atoms with Crippen molar-refractivity contribution in [3.63, 3.8) is 0 Å². The minimum atomic E-state index is -0.291. The van der Waals surface area contributed by atoms with Crippen LogP contribution in [0, 0.1) is 11.3 Å². The molecule has 0 saturated carbocycles. The number of halogens is 1. The number of piperidine rings is 1. The number of hydrogen-bond donors (Lipinski definition) is 2. The number of aryl methyl sites for hydroxylation is 1. The van der Waals surface area contributed by atoms with Crippen LogP contribution in [0.5, 0.6) is 0 Å². The molecule has 0 amide bonds. The van der Waals surface area contributed by atoms with Crippen molar-refractivity contribution in [1.29, 1.82) is 5.26 Å². The number of nitrogens with one attached hydrogen (secondary N) is 2. The van der Waals surface area contributed by atoms with Crippen LogP contribution in [0.25, 0.3) is 10.9 Å². The molecule has 1 aliphatic carbocycles. The molecule has 1 fully saturated rings. The minimum absolute atomic E-state index is 0.0930. The van der Waals surface area contributed by atoms with Crippen LogP contribution in [0.1, 0.15) is 92.5 Å². The molecule has 2 atom stereocenters. The fourth-order valence-electron chi connectivity index (χ4n) is 7.23. The zero-order chi connectivity index (χ0) is 32.5. The van der Waals surface area contributed by atoms with E-state index in [0.29, 0.717) is 16.6 Å². The van der Waals surface area contributed by atoms with Crippen LogP contribution < -0.4 is 10.6 Å². The number of rotatable bonds is 7. The quantitative estimate of drug-likeness (QED) is 0.183. The first-order valence-electron chi connectivity index (χ1n) is 16.6. The van der Waals surface area contributed by atoms with E-state index in [-0.39, 0.29) is 17.6 Å². The van der Waals surface area contributed by atoms with Crippen molar-refractivity contribution < 1.29 is 0 Å². The minimum Gasteiger partial charge on any atom is -0.377 e. The molecule has 5 aromatic rings. The van der Waals surface area contributed by atoms with E-state index < -0.39 is 0 Å². The number of pyridine rings is 1. The Hall–Kier alpha value is -4.45. The molecule has 0 bridgehead atoms. The van der Waals surface area contributed by atoms with Crippen LogP contribution in [0.2, 0.25) is 5.02 Å². The number of nitriles is 1. The maximum absolute atomic E-state index is 10.1. The average molecular weight is 645 g/mol. The Labute approximate surface area is 281 Å². The second-order valence-electron chi connectivity index (χ2n) is 13.8. The van der Waals surface area contributed by atoms with Crippen LogP contribution in [0.4, 0.5) is 11.4 Å². The van der Waals surface area contributed by atoms with Crippen molar-refractivity contribution in [2.45, 2.75) is 76.5 Å². The largest absolute Gasteiger partial charge is 0.377 e. The average Bonchev–Trinajstić information content (AvgIpc) is 3.58. The van der Waals surface area contributed by atoms with E-state index in [1.165, 1.54) is 11.1 Å². The predicted octanol–water partition coefficient (Wildman–Crippen LogP) is 8.48. The molecule has 0 radical (unpaired) electrons. The van der Waals surface area contributed by atoms with Gasteiger partial charge in [-0.25, -0.2) is 4.68 Å². The van der Waals surface area contributed by atoms with Gasteiger partial charge in [0.25, 0.3) is 0 Å². The van der Waals surface area contributed by atoms with E-state index in [1.807, 2.05) is 35.0 Å². The Morgan fingerprint density at radius 1 is 1.00 bits per heavy atom. The molecule has 240 valence electrons. The van der Waals surface area contributed by atoms with Crippen LogP contribution in [0.15, 0.2) is 79.1 Å². The summed E-state index contributed by atoms with van der Waals surface area (Å²) in [5.41, 5.74) is 7.45. The van der Waals surface area contributed by atoms with Crippen LogP contribution in [-0.2, 0) is 6.42 Å². The van der Waals surface area contributed by atoms with Crippen molar-refractivity contribution in [2.75, 3.05) is 23.7 Å². The van der Waals surface area contributed by atoms with Gasteiger partial charge in [0.1, 0.15) is 11.8 Å². The fourth-order valence-corrected chi connectivity index (χ4v) is 7.45. The molecule has 9 heteroatoms. The number of aromatic nitrogens is 4. The SMILES string of the molecule is CC(C)(C)N1CCC(n2cc([C@@H](Nc3cc(Cl)cc4c(N[C@H]5CCCc6ccccc65)c(C#N)cnc34)c3ccccc3)nn2)CC1. The summed E-state index contributed by atoms with van der Waals surface area (Å²) < 4.78 is 2.05. The Morgan fingerprint density at radius 2 is 1.77 bits per heavy atom. The lowest BCUT2D eigenvalue weighted by molar-refractivity contribution is 0.0866. The maximum Gasteiger partial charge on any atom is 0.109 e. The smallest absolute Gasteiger partial charge is 0.109 e. The summed E-state index contributed by atoms with van der Waals surface area (Å²) in [6, 6.07) is 25.1. The van der Waals surface area contributed by atoms with Gasteiger partial charge in [-0.15, -0.1) is 5.10 Å². The first-order valence-corrected chi connectivity index (χ1v) is 17.0. The highest BCUT2D eigenvalue weighted by molar-refractivity contribution is 6.32. The summed E-state index contributed by atoms with van der Waals surface area (Å²) in [7, 11) is 0. The zero-order valence-corrected chi connectivity index (χ0v) is 28.0. The molecule has 1 aliphatic heterocycles. The van der Waals surface area contributed by atoms with Gasteiger partial charge in [-0.2, -0.15) is 5.26 Å². The summed E-state index contributed by atoms with van der Waals surface area (Å²) in [5.74, 6) is 0. The third kappa shape index (κ3) is 6.43. The summed E-state index contributed by atoms with van der Waals surface area (Å²) in [6.45, 7) is 8.91. The molecular formula is C38H41ClN8. The summed E-state index contributed by atoms with van der Waals surface area (Å²) >= 11 is 6.83. The standard InChI is InChI=1S/C38H41ClN8/c1-38(2,3)46-18-16-29(17-19-46)47-24-34(44-45-47)36(26-11-5-4-6-12-26)43-33-21-28(39)20-31-35(27(22-40)23-41-37(31)33)42-32-15-9-13-25-10-7-8-14-30(25)32/h4-8,10-12,14,20-21,23-24,29,32,36,43H,9,13,15-19H2,1-3H3,(H,41,42)/t32-,36-/m0/s1. The molecular weight excluding hydrogens is 604 g/mol. The molecule has 0 spiro atoms. The first kappa shape index (κ1) is 31.2. The number of benzene rings is 3. The highest BCUT2D eigenvalue weighted by Crippen LogP contribution is 2.40. The van der Waals surface area contributed by atoms with E-state index in [2.05, 4.69) is 90.2 Å². The Balaban J connectivity index is 1.23. The van der Waals surface area contributed by atoms with Crippen molar-refractivity contribution in [3.8, 4) is 6.07 Å².